The predicted molar refractivity (Wildman–Crippen MR) is 99.2 cm³/mol. The molecule has 3 rings (SSSR count). The van der Waals surface area contributed by atoms with Gasteiger partial charge in [-0.3, -0.25) is 4.79 Å². The van der Waals surface area contributed by atoms with Crippen molar-refractivity contribution in [1.82, 2.24) is 9.63 Å². The summed E-state index contributed by atoms with van der Waals surface area (Å²) in [6, 6.07) is 15.4. The summed E-state index contributed by atoms with van der Waals surface area (Å²) in [5, 5.41) is 4.11. The van der Waals surface area contributed by atoms with Crippen LogP contribution >= 0.6 is 0 Å². The first-order chi connectivity index (χ1) is 13.3. The number of aryl methyl sites for hydroxylation is 1. The highest BCUT2D eigenvalue weighted by Crippen LogP contribution is 2.34. The second kappa shape index (κ2) is 7.75. The largest absolute Gasteiger partial charge is 0.391 e. The third-order valence-corrected chi connectivity index (χ3v) is 5.62. The van der Waals surface area contributed by atoms with Crippen LogP contribution in [-0.4, -0.2) is 37.3 Å². The summed E-state index contributed by atoms with van der Waals surface area (Å²) in [5.41, 5.74) is 2.97. The normalized spacial score (nSPS) is 11.4. The van der Waals surface area contributed by atoms with E-state index in [2.05, 4.69) is 9.99 Å². The van der Waals surface area contributed by atoms with Gasteiger partial charge in [-0.05, 0) is 29.1 Å². The van der Waals surface area contributed by atoms with Gasteiger partial charge in [0.2, 0.25) is 6.29 Å². The van der Waals surface area contributed by atoms with E-state index in [1.807, 2.05) is 30.3 Å². The Kier molecular flexibility index (Phi) is 5.39. The Morgan fingerprint density at radius 3 is 2.32 bits per heavy atom. The van der Waals surface area contributed by atoms with Crippen molar-refractivity contribution in [2.75, 3.05) is 7.05 Å². The molecule has 8 nitrogen and oxygen atoms in total. The molecule has 0 bridgehead atoms. The molecule has 0 aliphatic rings. The molecule has 0 aliphatic carbocycles. The number of rotatable bonds is 6. The first kappa shape index (κ1) is 19.5. The van der Waals surface area contributed by atoms with Gasteiger partial charge in [0, 0.05) is 12.6 Å². The molecule has 28 heavy (non-hydrogen) atoms. The fourth-order valence-corrected chi connectivity index (χ4v) is 3.59. The Bertz CT molecular complexity index is 1110. The minimum atomic E-state index is -4.11. The van der Waals surface area contributed by atoms with E-state index >= 15 is 0 Å². The molecule has 9 heteroatoms. The van der Waals surface area contributed by atoms with E-state index in [0.717, 1.165) is 18.2 Å². The number of nitrogens with zero attached hydrogens (tertiary/aromatic N) is 2. The van der Waals surface area contributed by atoms with E-state index in [1.54, 1.807) is 19.1 Å². The van der Waals surface area contributed by atoms with Crippen LogP contribution in [0.25, 0.3) is 22.4 Å². The molecule has 0 amide bonds. The number of sulfonamides is 1. The molecule has 0 spiro atoms. The molecule has 0 fully saturated rings. The van der Waals surface area contributed by atoms with Gasteiger partial charge in [-0.2, -0.15) is 0 Å². The molecular formula is C19H16N2O6S. The Hall–Kier alpha value is -3.30. The van der Waals surface area contributed by atoms with Crippen molar-refractivity contribution in [2.45, 2.75) is 11.8 Å². The molecule has 0 aliphatic heterocycles. The van der Waals surface area contributed by atoms with Crippen LogP contribution in [0, 0.1) is 6.92 Å². The third-order valence-electron chi connectivity index (χ3n) is 4.00. The summed E-state index contributed by atoms with van der Waals surface area (Å²) in [4.78, 5) is 25.7. The topological polar surface area (TPSA) is 107 Å². The zero-order chi connectivity index (χ0) is 20.3. The van der Waals surface area contributed by atoms with Crippen LogP contribution in [0.3, 0.4) is 0 Å². The van der Waals surface area contributed by atoms with Gasteiger partial charge < -0.3 is 9.36 Å². The molecule has 1 aromatic heterocycles. The highest BCUT2D eigenvalue weighted by atomic mass is 32.2. The van der Waals surface area contributed by atoms with Gasteiger partial charge in [-0.15, -0.1) is 0 Å². The maximum absolute atomic E-state index is 12.4. The van der Waals surface area contributed by atoms with Gasteiger partial charge in [0.25, 0.3) is 10.0 Å². The van der Waals surface area contributed by atoms with E-state index in [0.29, 0.717) is 21.5 Å². The van der Waals surface area contributed by atoms with Gasteiger partial charge in [-0.25, -0.2) is 13.2 Å². The van der Waals surface area contributed by atoms with Gasteiger partial charge in [0.05, 0.1) is 10.5 Å². The van der Waals surface area contributed by atoms with Crippen molar-refractivity contribution in [2.24, 2.45) is 0 Å². The standard InChI is InChI=1S/C19H16N2O6S/c1-13-18(19(20-26-13)15-6-4-3-5-7-15)14-8-10-16(11-9-14)28(24,25)21(2)27-17(23)12-22/h3-12H,1-2H3. The summed E-state index contributed by atoms with van der Waals surface area (Å²) in [6.45, 7) is 1.77. The molecule has 0 unspecified atom stereocenters. The number of hydrogen-bond acceptors (Lipinski definition) is 7. The van der Waals surface area contributed by atoms with Crippen LogP contribution in [0.4, 0.5) is 0 Å². The van der Waals surface area contributed by atoms with Crippen molar-refractivity contribution < 1.29 is 27.4 Å². The lowest BCUT2D eigenvalue weighted by atomic mass is 10.00. The van der Waals surface area contributed by atoms with E-state index in [4.69, 9.17) is 4.52 Å². The predicted octanol–water partition coefficient (Wildman–Crippen LogP) is 2.59. The number of aromatic nitrogens is 1. The lowest BCUT2D eigenvalue weighted by Gasteiger charge is -2.15. The molecule has 0 radical (unpaired) electrons. The minimum Gasteiger partial charge on any atom is -0.360 e. The monoisotopic (exact) mass is 400 g/mol. The maximum atomic E-state index is 12.4. The molecule has 0 saturated carbocycles. The summed E-state index contributed by atoms with van der Waals surface area (Å²) >= 11 is 0. The molecule has 3 aromatic rings. The Labute approximate surface area is 161 Å². The molecular weight excluding hydrogens is 384 g/mol. The van der Waals surface area contributed by atoms with Crippen molar-refractivity contribution in [3.05, 3.63) is 60.4 Å². The van der Waals surface area contributed by atoms with E-state index in [-0.39, 0.29) is 11.2 Å². The first-order valence-electron chi connectivity index (χ1n) is 8.12. The van der Waals surface area contributed by atoms with Gasteiger partial charge in [0.1, 0.15) is 11.5 Å². The number of hydroxylamine groups is 1. The summed E-state index contributed by atoms with van der Waals surface area (Å²) in [6.07, 6.45) is -0.116. The van der Waals surface area contributed by atoms with Gasteiger partial charge >= 0.3 is 5.97 Å². The van der Waals surface area contributed by atoms with Crippen LogP contribution in [0.1, 0.15) is 5.76 Å². The van der Waals surface area contributed by atoms with Crippen LogP contribution < -0.4 is 0 Å². The van der Waals surface area contributed by atoms with E-state index < -0.39 is 16.0 Å². The second-order valence-electron chi connectivity index (χ2n) is 5.80. The average molecular weight is 400 g/mol. The quantitative estimate of drug-likeness (QED) is 0.356. The summed E-state index contributed by atoms with van der Waals surface area (Å²) in [7, 11) is -3.08. The summed E-state index contributed by atoms with van der Waals surface area (Å²) < 4.78 is 30.6. The van der Waals surface area contributed by atoms with Crippen molar-refractivity contribution >= 4 is 22.3 Å². The Balaban J connectivity index is 1.95. The fourth-order valence-electron chi connectivity index (χ4n) is 2.64. The van der Waals surface area contributed by atoms with Crippen LogP contribution in [0.2, 0.25) is 0 Å². The molecule has 0 saturated heterocycles. The SMILES string of the molecule is Cc1onc(-c2ccccc2)c1-c1ccc(S(=O)(=O)N(C)OC(=O)C=O)cc1. The van der Waals surface area contributed by atoms with Crippen LogP contribution in [0.5, 0.6) is 0 Å². The molecule has 0 N–H and O–H groups in total. The Morgan fingerprint density at radius 1 is 1.07 bits per heavy atom. The van der Waals surface area contributed by atoms with Crippen LogP contribution in [-0.2, 0) is 24.4 Å². The van der Waals surface area contributed by atoms with E-state index in [9.17, 15) is 18.0 Å². The average Bonchev–Trinajstić information content (AvgIpc) is 3.10. The van der Waals surface area contributed by atoms with Crippen LogP contribution in [0.15, 0.2) is 64.0 Å². The molecule has 144 valence electrons. The first-order valence-corrected chi connectivity index (χ1v) is 9.56. The van der Waals surface area contributed by atoms with Crippen molar-refractivity contribution in [3.8, 4) is 22.4 Å². The van der Waals surface area contributed by atoms with Gasteiger partial charge in [-0.1, -0.05) is 47.6 Å². The second-order valence-corrected chi connectivity index (χ2v) is 7.73. The third kappa shape index (κ3) is 3.71. The number of carbonyl (C=O) groups is 2. The highest BCUT2D eigenvalue weighted by Gasteiger charge is 2.25. The van der Waals surface area contributed by atoms with Gasteiger partial charge in [0.15, 0.2) is 0 Å². The number of benzene rings is 2. The molecule has 0 atom stereocenters. The number of carbonyl (C=O) groups excluding carboxylic acids is 2. The zero-order valence-electron chi connectivity index (χ0n) is 15.0. The number of hydrogen-bond donors (Lipinski definition) is 0. The Morgan fingerprint density at radius 2 is 1.71 bits per heavy atom. The molecule has 1 heterocycles. The number of aldehydes is 1. The summed E-state index contributed by atoms with van der Waals surface area (Å²) in [5.74, 6) is -0.721. The fraction of sp³-hybridized carbons (Fsp3) is 0.105. The zero-order valence-corrected chi connectivity index (χ0v) is 15.8. The lowest BCUT2D eigenvalue weighted by molar-refractivity contribution is -0.167. The minimum absolute atomic E-state index is 0.104. The lowest BCUT2D eigenvalue weighted by Crippen LogP contribution is -2.30. The smallest absolute Gasteiger partial charge is 0.360 e. The molecule has 2 aromatic carbocycles. The van der Waals surface area contributed by atoms with Crippen molar-refractivity contribution in [3.63, 3.8) is 0 Å². The van der Waals surface area contributed by atoms with Crippen molar-refractivity contribution in [1.29, 1.82) is 0 Å². The highest BCUT2D eigenvalue weighted by molar-refractivity contribution is 7.89. The maximum Gasteiger partial charge on any atom is 0.391 e. The van der Waals surface area contributed by atoms with E-state index in [1.165, 1.54) is 12.1 Å².